The first-order valence-corrected chi connectivity index (χ1v) is 10.3. The molecule has 25 heavy (non-hydrogen) atoms. The lowest BCUT2D eigenvalue weighted by molar-refractivity contribution is -0.146. The maximum Gasteiger partial charge on any atom is 0.226 e. The number of rotatable bonds is 5. The highest BCUT2D eigenvalue weighted by atomic mass is 32.1. The van der Waals surface area contributed by atoms with Crippen LogP contribution in [-0.2, 0) is 11.2 Å². The van der Waals surface area contributed by atoms with Crippen LogP contribution in [0.3, 0.4) is 0 Å². The van der Waals surface area contributed by atoms with E-state index in [1.165, 1.54) is 19.3 Å². The zero-order valence-corrected chi connectivity index (χ0v) is 15.2. The molecule has 0 saturated heterocycles. The molecule has 4 bridgehead atoms. The Morgan fingerprint density at radius 3 is 2.60 bits per heavy atom. The minimum atomic E-state index is -0.0446. The van der Waals surface area contributed by atoms with E-state index in [0.29, 0.717) is 12.5 Å². The molecule has 0 aliphatic heterocycles. The molecule has 4 aliphatic rings. The van der Waals surface area contributed by atoms with E-state index in [-0.39, 0.29) is 5.41 Å². The predicted octanol–water partition coefficient (Wildman–Crippen LogP) is 3.20. The van der Waals surface area contributed by atoms with Crippen molar-refractivity contribution in [3.8, 4) is 5.13 Å². The minimum absolute atomic E-state index is 0.0446. The zero-order chi connectivity index (χ0) is 16.9. The van der Waals surface area contributed by atoms with Crippen molar-refractivity contribution in [1.29, 1.82) is 0 Å². The largest absolute Gasteiger partial charge is 0.355 e. The number of aromatic nitrogens is 3. The molecule has 4 fully saturated rings. The predicted molar refractivity (Wildman–Crippen MR) is 96.6 cm³/mol. The van der Waals surface area contributed by atoms with E-state index >= 15 is 0 Å². The molecule has 1 amide bonds. The average Bonchev–Trinajstić information content (AvgIpc) is 3.25. The minimum Gasteiger partial charge on any atom is -0.355 e. The normalized spacial score (nSPS) is 32.9. The third kappa shape index (κ3) is 2.80. The Hall–Kier alpha value is -1.69. The molecular weight excluding hydrogens is 332 g/mol. The van der Waals surface area contributed by atoms with E-state index in [0.717, 1.165) is 54.3 Å². The van der Waals surface area contributed by atoms with Crippen LogP contribution in [0.25, 0.3) is 5.13 Å². The molecule has 0 aromatic carbocycles. The van der Waals surface area contributed by atoms with Gasteiger partial charge in [0.1, 0.15) is 0 Å². The van der Waals surface area contributed by atoms with Gasteiger partial charge in [-0.1, -0.05) is 0 Å². The number of hydrogen-bond donors (Lipinski definition) is 1. The lowest BCUT2D eigenvalue weighted by Gasteiger charge is -2.55. The lowest BCUT2D eigenvalue weighted by Crippen LogP contribution is -2.53. The Labute approximate surface area is 151 Å². The molecule has 5 nitrogen and oxygen atoms in total. The summed E-state index contributed by atoms with van der Waals surface area (Å²) in [6.07, 6.45) is 12.0. The van der Waals surface area contributed by atoms with Crippen molar-refractivity contribution in [2.45, 2.75) is 44.9 Å². The summed E-state index contributed by atoms with van der Waals surface area (Å²) in [5.74, 6) is 2.75. The third-order valence-corrected chi connectivity index (χ3v) is 7.31. The number of hydrogen-bond acceptors (Lipinski definition) is 4. The summed E-state index contributed by atoms with van der Waals surface area (Å²) in [7, 11) is 0. The molecule has 0 unspecified atom stereocenters. The Kier molecular flexibility index (Phi) is 3.69. The second kappa shape index (κ2) is 5.94. The van der Waals surface area contributed by atoms with Gasteiger partial charge in [0.25, 0.3) is 0 Å². The first-order valence-electron chi connectivity index (χ1n) is 9.43. The van der Waals surface area contributed by atoms with Gasteiger partial charge in [-0.2, -0.15) is 5.10 Å². The molecule has 0 spiro atoms. The molecule has 4 saturated carbocycles. The Morgan fingerprint density at radius 1 is 1.24 bits per heavy atom. The molecule has 2 aromatic heterocycles. The van der Waals surface area contributed by atoms with E-state index in [1.54, 1.807) is 22.2 Å². The number of amides is 1. The Bertz CT molecular complexity index is 731. The number of thiazole rings is 1. The number of carbonyl (C=O) groups excluding carboxylic acids is 1. The molecule has 2 heterocycles. The van der Waals surface area contributed by atoms with Gasteiger partial charge in [0.15, 0.2) is 0 Å². The highest BCUT2D eigenvalue weighted by Crippen LogP contribution is 2.60. The van der Waals surface area contributed by atoms with E-state index in [2.05, 4.69) is 20.8 Å². The van der Waals surface area contributed by atoms with Crippen LogP contribution >= 0.6 is 11.3 Å². The maximum absolute atomic E-state index is 12.9. The van der Waals surface area contributed by atoms with Gasteiger partial charge in [-0.15, -0.1) is 11.3 Å². The fourth-order valence-corrected chi connectivity index (χ4v) is 6.58. The molecule has 132 valence electrons. The molecule has 6 heteroatoms. The van der Waals surface area contributed by atoms with Gasteiger partial charge in [0.05, 0.1) is 5.69 Å². The molecule has 0 radical (unpaired) electrons. The molecular formula is C19H24N4OS. The van der Waals surface area contributed by atoms with Crippen LogP contribution in [0.4, 0.5) is 0 Å². The van der Waals surface area contributed by atoms with Crippen LogP contribution in [0.15, 0.2) is 23.8 Å². The van der Waals surface area contributed by atoms with Crippen LogP contribution < -0.4 is 5.32 Å². The molecule has 2 aromatic rings. The van der Waals surface area contributed by atoms with E-state index in [1.807, 2.05) is 12.3 Å². The van der Waals surface area contributed by atoms with Crippen molar-refractivity contribution >= 4 is 17.2 Å². The van der Waals surface area contributed by atoms with Crippen LogP contribution in [0, 0.1) is 23.2 Å². The summed E-state index contributed by atoms with van der Waals surface area (Å²) in [6, 6.07) is 1.90. The quantitative estimate of drug-likeness (QED) is 0.895. The van der Waals surface area contributed by atoms with Crippen LogP contribution in [0.1, 0.15) is 44.2 Å². The monoisotopic (exact) mass is 356 g/mol. The molecule has 1 N–H and O–H groups in total. The fourth-order valence-electron chi connectivity index (χ4n) is 5.78. The first-order chi connectivity index (χ1) is 12.2. The number of carbonyl (C=O) groups is 1. The second-order valence-corrected chi connectivity index (χ2v) is 9.11. The van der Waals surface area contributed by atoms with E-state index < -0.39 is 0 Å². The maximum atomic E-state index is 12.9. The van der Waals surface area contributed by atoms with Crippen LogP contribution in [0.2, 0.25) is 0 Å². The number of nitrogens with one attached hydrogen (secondary N) is 1. The zero-order valence-electron chi connectivity index (χ0n) is 14.4. The van der Waals surface area contributed by atoms with Crippen LogP contribution in [0.5, 0.6) is 0 Å². The molecule has 0 atom stereocenters. The first kappa shape index (κ1) is 15.6. The Balaban J connectivity index is 1.19. The van der Waals surface area contributed by atoms with Gasteiger partial charge in [-0.3, -0.25) is 4.79 Å². The number of nitrogens with zero attached hydrogens (tertiary/aromatic N) is 3. The fraction of sp³-hybridized carbons (Fsp3) is 0.632. The van der Waals surface area contributed by atoms with Crippen molar-refractivity contribution in [3.63, 3.8) is 0 Å². The highest BCUT2D eigenvalue weighted by Gasteiger charge is 2.54. The van der Waals surface area contributed by atoms with E-state index in [4.69, 9.17) is 0 Å². The lowest BCUT2D eigenvalue weighted by atomic mass is 9.49. The summed E-state index contributed by atoms with van der Waals surface area (Å²) in [4.78, 5) is 17.5. The molecule has 4 aliphatic carbocycles. The topological polar surface area (TPSA) is 59.8 Å². The van der Waals surface area contributed by atoms with Crippen molar-refractivity contribution < 1.29 is 4.79 Å². The van der Waals surface area contributed by atoms with Crippen molar-refractivity contribution in [1.82, 2.24) is 20.1 Å². The van der Waals surface area contributed by atoms with Gasteiger partial charge in [0.2, 0.25) is 11.0 Å². The van der Waals surface area contributed by atoms with E-state index in [9.17, 15) is 4.79 Å². The summed E-state index contributed by atoms with van der Waals surface area (Å²) < 4.78 is 1.78. The van der Waals surface area contributed by atoms with Gasteiger partial charge >= 0.3 is 0 Å². The van der Waals surface area contributed by atoms with Crippen molar-refractivity contribution in [2.24, 2.45) is 23.2 Å². The highest BCUT2D eigenvalue weighted by molar-refractivity contribution is 7.12. The standard InChI is InChI=1S/C19H24N4OS/c24-17(19-9-13-6-14(10-19)8-15(7-13)11-19)20-4-2-16-12-25-18(22-16)23-5-1-3-21-23/h1,3,5,12-15H,2,4,6-11H2,(H,20,24). The smallest absolute Gasteiger partial charge is 0.226 e. The summed E-state index contributed by atoms with van der Waals surface area (Å²) in [5, 5.41) is 10.4. The SMILES string of the molecule is O=C(NCCc1csc(-n2cccn2)n1)C12CC3CC(CC(C3)C1)C2. The summed E-state index contributed by atoms with van der Waals surface area (Å²) in [5.41, 5.74) is 0.984. The van der Waals surface area contributed by atoms with Gasteiger partial charge in [-0.25, -0.2) is 9.67 Å². The average molecular weight is 356 g/mol. The Morgan fingerprint density at radius 2 is 1.96 bits per heavy atom. The summed E-state index contributed by atoms with van der Waals surface area (Å²) >= 11 is 1.59. The second-order valence-electron chi connectivity index (χ2n) is 8.28. The van der Waals surface area contributed by atoms with Crippen LogP contribution in [-0.4, -0.2) is 27.2 Å². The van der Waals surface area contributed by atoms with Crippen molar-refractivity contribution in [3.05, 3.63) is 29.5 Å². The molecule has 6 rings (SSSR count). The third-order valence-electron chi connectivity index (χ3n) is 6.43. The van der Waals surface area contributed by atoms with Gasteiger partial charge in [0, 0.05) is 36.2 Å². The van der Waals surface area contributed by atoms with Gasteiger partial charge < -0.3 is 5.32 Å². The van der Waals surface area contributed by atoms with Crippen molar-refractivity contribution in [2.75, 3.05) is 6.54 Å². The van der Waals surface area contributed by atoms with Gasteiger partial charge in [-0.05, 0) is 62.3 Å². The summed E-state index contributed by atoms with van der Waals surface area (Å²) in [6.45, 7) is 0.683.